The molecule has 1 rings (SSSR count). The number of rotatable bonds is 7. The molecule has 1 aromatic carbocycles. The Bertz CT molecular complexity index is 569. The Labute approximate surface area is 121 Å². The average Bonchev–Trinajstić information content (AvgIpc) is 2.44. The maximum atomic E-state index is 13.4. The maximum absolute atomic E-state index is 13.4. The highest BCUT2D eigenvalue weighted by atomic mass is 19.1. The van der Waals surface area contributed by atoms with Crippen molar-refractivity contribution >= 4 is 18.0 Å². The molecule has 0 saturated heterocycles. The number of halogens is 1. The topological polar surface area (TPSA) is 75.6 Å². The summed E-state index contributed by atoms with van der Waals surface area (Å²) in [5.74, 6) is -2.17. The van der Waals surface area contributed by atoms with E-state index in [0.717, 1.165) is 6.08 Å². The van der Waals surface area contributed by atoms with Crippen LogP contribution in [-0.4, -0.2) is 30.1 Å². The van der Waals surface area contributed by atoms with Crippen LogP contribution in [0.15, 0.2) is 36.9 Å². The summed E-state index contributed by atoms with van der Waals surface area (Å²) >= 11 is 0. The first-order valence-electron chi connectivity index (χ1n) is 6.13. The molecule has 0 bridgehead atoms. The molecule has 1 amide bonds. The number of benzene rings is 1. The molecular formula is C15H16FNO4. The minimum atomic E-state index is -1.15. The summed E-state index contributed by atoms with van der Waals surface area (Å²) in [5, 5.41) is 11.2. The van der Waals surface area contributed by atoms with Gasteiger partial charge < -0.3 is 15.2 Å². The van der Waals surface area contributed by atoms with E-state index in [1.165, 1.54) is 31.4 Å². The van der Waals surface area contributed by atoms with Crippen LogP contribution >= 0.6 is 0 Å². The zero-order valence-electron chi connectivity index (χ0n) is 11.5. The molecule has 2 N–H and O–H groups in total. The van der Waals surface area contributed by atoms with Gasteiger partial charge in [-0.1, -0.05) is 12.1 Å². The molecule has 1 aromatic rings. The van der Waals surface area contributed by atoms with Crippen molar-refractivity contribution in [3.8, 4) is 5.75 Å². The number of amides is 1. The third kappa shape index (κ3) is 5.10. The van der Waals surface area contributed by atoms with Crippen LogP contribution in [0.5, 0.6) is 5.75 Å². The number of nitrogens with one attached hydrogen (secondary N) is 1. The van der Waals surface area contributed by atoms with Crippen molar-refractivity contribution in [2.24, 2.45) is 0 Å². The van der Waals surface area contributed by atoms with Gasteiger partial charge in [0.05, 0.1) is 7.11 Å². The minimum Gasteiger partial charge on any atom is -0.494 e. The summed E-state index contributed by atoms with van der Waals surface area (Å²) in [6.45, 7) is 3.42. The second-order valence-corrected chi connectivity index (χ2v) is 4.15. The van der Waals surface area contributed by atoms with Gasteiger partial charge in [-0.3, -0.25) is 4.79 Å². The molecule has 0 aliphatic heterocycles. The predicted molar refractivity (Wildman–Crippen MR) is 76.4 cm³/mol. The Morgan fingerprint density at radius 1 is 1.52 bits per heavy atom. The molecule has 0 saturated carbocycles. The Hall–Kier alpha value is -2.63. The van der Waals surface area contributed by atoms with Crippen LogP contribution < -0.4 is 10.1 Å². The van der Waals surface area contributed by atoms with Gasteiger partial charge in [-0.15, -0.1) is 6.58 Å². The number of carbonyl (C=O) groups is 2. The molecule has 112 valence electrons. The Kier molecular flexibility index (Phi) is 6.13. The number of carboxylic acids is 1. The van der Waals surface area contributed by atoms with Crippen molar-refractivity contribution in [2.45, 2.75) is 12.5 Å². The fourth-order valence-corrected chi connectivity index (χ4v) is 1.57. The third-order valence-electron chi connectivity index (χ3n) is 2.62. The van der Waals surface area contributed by atoms with Crippen molar-refractivity contribution in [3.05, 3.63) is 48.3 Å². The van der Waals surface area contributed by atoms with Crippen LogP contribution in [0.25, 0.3) is 6.08 Å². The number of carboxylic acid groups (broad SMARTS) is 1. The van der Waals surface area contributed by atoms with Gasteiger partial charge in [0.25, 0.3) is 0 Å². The largest absolute Gasteiger partial charge is 0.494 e. The lowest BCUT2D eigenvalue weighted by molar-refractivity contribution is -0.141. The number of methoxy groups -OCH3 is 1. The molecule has 0 aromatic heterocycles. The lowest BCUT2D eigenvalue weighted by atomic mass is 10.2. The van der Waals surface area contributed by atoms with Gasteiger partial charge in [-0.25, -0.2) is 9.18 Å². The summed E-state index contributed by atoms with van der Waals surface area (Å²) < 4.78 is 18.2. The third-order valence-corrected chi connectivity index (χ3v) is 2.62. The van der Waals surface area contributed by atoms with Crippen molar-refractivity contribution < 1.29 is 23.8 Å². The van der Waals surface area contributed by atoms with Gasteiger partial charge in [-0.2, -0.15) is 0 Å². The minimum absolute atomic E-state index is 0.105. The standard InChI is InChI=1S/C15H16FNO4/c1-3-4-12(15(19)20)17-14(18)8-6-10-5-7-13(21-2)11(16)9-10/h3,5-9,12H,1,4H2,2H3,(H,17,18)(H,19,20)/b8-6+. The maximum Gasteiger partial charge on any atom is 0.326 e. The molecule has 1 unspecified atom stereocenters. The molecule has 0 aliphatic rings. The van der Waals surface area contributed by atoms with E-state index in [2.05, 4.69) is 11.9 Å². The summed E-state index contributed by atoms with van der Waals surface area (Å²) in [7, 11) is 1.35. The van der Waals surface area contributed by atoms with Crippen LogP contribution in [0.2, 0.25) is 0 Å². The molecule has 0 aliphatic carbocycles. The smallest absolute Gasteiger partial charge is 0.326 e. The zero-order valence-corrected chi connectivity index (χ0v) is 11.5. The highest BCUT2D eigenvalue weighted by Gasteiger charge is 2.16. The average molecular weight is 293 g/mol. The van der Waals surface area contributed by atoms with Gasteiger partial charge in [-0.05, 0) is 30.2 Å². The van der Waals surface area contributed by atoms with Crippen molar-refractivity contribution in [1.29, 1.82) is 0 Å². The quantitative estimate of drug-likeness (QED) is 0.595. The highest BCUT2D eigenvalue weighted by molar-refractivity contribution is 5.94. The molecule has 21 heavy (non-hydrogen) atoms. The van der Waals surface area contributed by atoms with E-state index in [4.69, 9.17) is 9.84 Å². The summed E-state index contributed by atoms with van der Waals surface area (Å²) in [5.41, 5.74) is 0.457. The fourth-order valence-electron chi connectivity index (χ4n) is 1.57. The van der Waals surface area contributed by atoms with Crippen LogP contribution in [-0.2, 0) is 9.59 Å². The van der Waals surface area contributed by atoms with Gasteiger partial charge in [0.15, 0.2) is 11.6 Å². The van der Waals surface area contributed by atoms with E-state index >= 15 is 0 Å². The molecule has 0 fully saturated rings. The lowest BCUT2D eigenvalue weighted by Gasteiger charge is -2.10. The van der Waals surface area contributed by atoms with Gasteiger partial charge in [0, 0.05) is 6.08 Å². The molecule has 6 heteroatoms. The molecule has 0 heterocycles. The zero-order chi connectivity index (χ0) is 15.8. The van der Waals surface area contributed by atoms with Gasteiger partial charge in [0.2, 0.25) is 5.91 Å². The number of ether oxygens (including phenoxy) is 1. The van der Waals surface area contributed by atoms with E-state index in [9.17, 15) is 14.0 Å². The normalized spacial score (nSPS) is 11.9. The highest BCUT2D eigenvalue weighted by Crippen LogP contribution is 2.18. The lowest BCUT2D eigenvalue weighted by Crippen LogP contribution is -2.39. The van der Waals surface area contributed by atoms with E-state index in [1.54, 1.807) is 6.07 Å². The summed E-state index contributed by atoms with van der Waals surface area (Å²) in [6.07, 6.45) is 4.04. The van der Waals surface area contributed by atoms with Gasteiger partial charge in [0.1, 0.15) is 6.04 Å². The molecule has 1 atom stereocenters. The number of carbonyl (C=O) groups excluding carboxylic acids is 1. The molecule has 0 spiro atoms. The number of hydrogen-bond donors (Lipinski definition) is 2. The van der Waals surface area contributed by atoms with Crippen molar-refractivity contribution in [1.82, 2.24) is 5.32 Å². The van der Waals surface area contributed by atoms with Crippen molar-refractivity contribution in [2.75, 3.05) is 7.11 Å². The molecule has 5 nitrogen and oxygen atoms in total. The van der Waals surface area contributed by atoms with Crippen LogP contribution in [0.1, 0.15) is 12.0 Å². The van der Waals surface area contributed by atoms with Crippen LogP contribution in [0.3, 0.4) is 0 Å². The van der Waals surface area contributed by atoms with Crippen molar-refractivity contribution in [3.63, 3.8) is 0 Å². The van der Waals surface area contributed by atoms with Gasteiger partial charge >= 0.3 is 5.97 Å². The Morgan fingerprint density at radius 3 is 2.76 bits per heavy atom. The first-order chi connectivity index (χ1) is 9.97. The van der Waals surface area contributed by atoms with Crippen LogP contribution in [0.4, 0.5) is 4.39 Å². The summed E-state index contributed by atoms with van der Waals surface area (Å²) in [4.78, 5) is 22.5. The Balaban J connectivity index is 2.71. The SMILES string of the molecule is C=CCC(NC(=O)/C=C/c1ccc(OC)c(F)c1)C(=O)O. The van der Waals surface area contributed by atoms with E-state index in [1.807, 2.05) is 0 Å². The second kappa shape index (κ2) is 7.84. The van der Waals surface area contributed by atoms with E-state index in [0.29, 0.717) is 5.56 Å². The first kappa shape index (κ1) is 16.4. The fraction of sp³-hybridized carbons (Fsp3) is 0.200. The first-order valence-corrected chi connectivity index (χ1v) is 6.13. The van der Waals surface area contributed by atoms with Crippen LogP contribution in [0, 0.1) is 5.82 Å². The monoisotopic (exact) mass is 293 g/mol. The molecule has 0 radical (unpaired) electrons. The Morgan fingerprint density at radius 2 is 2.24 bits per heavy atom. The second-order valence-electron chi connectivity index (χ2n) is 4.15. The number of hydrogen-bond acceptors (Lipinski definition) is 3. The predicted octanol–water partition coefficient (Wildman–Crippen LogP) is 1.99. The van der Waals surface area contributed by atoms with E-state index < -0.39 is 23.7 Å². The van der Waals surface area contributed by atoms with E-state index in [-0.39, 0.29) is 12.2 Å². The molecular weight excluding hydrogens is 277 g/mol. The number of aliphatic carboxylic acids is 1. The summed E-state index contributed by atoms with van der Waals surface area (Å²) in [6, 6.07) is 3.18.